The molecule has 8 heteroatoms. The van der Waals surface area contributed by atoms with E-state index in [1.165, 1.54) is 26.4 Å². The summed E-state index contributed by atoms with van der Waals surface area (Å²) in [5, 5.41) is 9.84. The normalized spacial score (nSPS) is 11.1. The van der Waals surface area contributed by atoms with E-state index in [0.717, 1.165) is 0 Å². The maximum atomic E-state index is 11.7. The summed E-state index contributed by atoms with van der Waals surface area (Å²) in [7, 11) is -1.62. The Bertz CT molecular complexity index is 790. The number of hydrogen-bond donors (Lipinski definition) is 2. The lowest BCUT2D eigenvalue weighted by molar-refractivity contribution is 0.354. The minimum Gasteiger partial charge on any atom is -0.506 e. The molecule has 0 saturated heterocycles. The Morgan fingerprint density at radius 1 is 1.04 bits per heavy atom. The van der Waals surface area contributed by atoms with Gasteiger partial charge in [-0.3, -0.25) is 4.55 Å². The van der Waals surface area contributed by atoms with Gasteiger partial charge in [0.1, 0.15) is 5.75 Å². The van der Waals surface area contributed by atoms with Crippen molar-refractivity contribution in [1.29, 1.82) is 0 Å². The number of benzene rings is 2. The highest BCUT2D eigenvalue weighted by atomic mass is 32.2. The van der Waals surface area contributed by atoms with Crippen molar-refractivity contribution in [3.05, 3.63) is 48.0 Å². The van der Waals surface area contributed by atoms with Gasteiger partial charge < -0.3 is 14.6 Å². The third-order valence-corrected chi connectivity index (χ3v) is 4.09. The van der Waals surface area contributed by atoms with Gasteiger partial charge in [0.2, 0.25) is 0 Å². The van der Waals surface area contributed by atoms with Gasteiger partial charge in [0, 0.05) is 0 Å². The molecule has 0 fully saturated rings. The largest absolute Gasteiger partial charge is 0.506 e. The first-order valence-electron chi connectivity index (χ1n) is 6.61. The van der Waals surface area contributed by atoms with Crippen LogP contribution in [0.4, 0.5) is 5.69 Å². The fraction of sp³-hybridized carbons (Fsp3) is 0.200. The van der Waals surface area contributed by atoms with Crippen molar-refractivity contribution >= 4 is 16.0 Å². The lowest BCUT2D eigenvalue weighted by Crippen LogP contribution is -2.29. The summed E-state index contributed by atoms with van der Waals surface area (Å²) in [5.74, 6) is 0.667. The van der Waals surface area contributed by atoms with Crippen LogP contribution in [0.25, 0.3) is 0 Å². The molecule has 2 aromatic rings. The third kappa shape index (κ3) is 3.85. The number of anilines is 1. The zero-order valence-electron chi connectivity index (χ0n) is 12.6. The molecule has 0 amide bonds. The highest BCUT2D eigenvalue weighted by Crippen LogP contribution is 2.32. The van der Waals surface area contributed by atoms with Crippen LogP contribution in [-0.4, -0.2) is 32.3 Å². The summed E-state index contributed by atoms with van der Waals surface area (Å²) in [6.45, 7) is -0.184. The van der Waals surface area contributed by atoms with E-state index in [4.69, 9.17) is 9.47 Å². The molecule has 124 valence electrons. The molecule has 0 unspecified atom stereocenters. The Labute approximate surface area is 134 Å². The molecule has 2 aromatic carbocycles. The average molecular weight is 339 g/mol. The van der Waals surface area contributed by atoms with Crippen LogP contribution in [0.1, 0.15) is 5.56 Å². The number of phenols is 1. The van der Waals surface area contributed by atoms with E-state index in [1.807, 2.05) is 0 Å². The maximum absolute atomic E-state index is 11.7. The molecule has 0 heterocycles. The average Bonchev–Trinajstić information content (AvgIpc) is 2.52. The van der Waals surface area contributed by atoms with Gasteiger partial charge in [0.15, 0.2) is 11.5 Å². The predicted octanol–water partition coefficient (Wildman–Crippen LogP) is 2.22. The second kappa shape index (κ2) is 6.76. The van der Waals surface area contributed by atoms with E-state index in [9.17, 15) is 18.1 Å². The molecule has 0 radical (unpaired) electrons. The van der Waals surface area contributed by atoms with Crippen LogP contribution in [0.3, 0.4) is 0 Å². The molecule has 0 saturated carbocycles. The van der Waals surface area contributed by atoms with Crippen LogP contribution in [0, 0.1) is 0 Å². The fourth-order valence-electron chi connectivity index (χ4n) is 2.11. The van der Waals surface area contributed by atoms with Crippen LogP contribution in [-0.2, 0) is 16.8 Å². The summed E-state index contributed by atoms with van der Waals surface area (Å²) in [6, 6.07) is 10.7. The molecule has 2 N–H and O–H groups in total. The lowest BCUT2D eigenvalue weighted by Gasteiger charge is -2.22. The van der Waals surface area contributed by atoms with Crippen molar-refractivity contribution in [1.82, 2.24) is 0 Å². The molecule has 2 rings (SSSR count). The number of hydrogen-bond acceptors (Lipinski definition) is 5. The van der Waals surface area contributed by atoms with Crippen molar-refractivity contribution < 1.29 is 27.6 Å². The second-order valence-electron chi connectivity index (χ2n) is 4.66. The fourth-order valence-corrected chi connectivity index (χ4v) is 2.83. The summed E-state index contributed by atoms with van der Waals surface area (Å²) < 4.78 is 43.8. The van der Waals surface area contributed by atoms with Gasteiger partial charge in [-0.2, -0.15) is 8.42 Å². The van der Waals surface area contributed by atoms with Gasteiger partial charge in [-0.05, 0) is 29.8 Å². The highest BCUT2D eigenvalue weighted by molar-refractivity contribution is 7.87. The smallest absolute Gasteiger partial charge is 0.360 e. The Hall–Kier alpha value is -2.45. The van der Waals surface area contributed by atoms with Crippen molar-refractivity contribution in [2.24, 2.45) is 0 Å². The quantitative estimate of drug-likeness (QED) is 0.784. The summed E-state index contributed by atoms with van der Waals surface area (Å²) in [6.07, 6.45) is 0. The van der Waals surface area contributed by atoms with E-state index in [-0.39, 0.29) is 18.0 Å². The molecular weight excluding hydrogens is 322 g/mol. The summed E-state index contributed by atoms with van der Waals surface area (Å²) in [4.78, 5) is 0. The number of phenolic OH excluding ortho intramolecular Hbond substituents is 1. The Kier molecular flexibility index (Phi) is 4.97. The van der Waals surface area contributed by atoms with Crippen LogP contribution in [0.5, 0.6) is 17.2 Å². The summed E-state index contributed by atoms with van der Waals surface area (Å²) in [5.41, 5.74) is 0.522. The Morgan fingerprint density at radius 2 is 1.70 bits per heavy atom. The third-order valence-electron chi connectivity index (χ3n) is 3.20. The minimum absolute atomic E-state index is 0.0233. The molecule has 0 aliphatic rings. The van der Waals surface area contributed by atoms with E-state index < -0.39 is 10.3 Å². The first-order chi connectivity index (χ1) is 10.9. The van der Waals surface area contributed by atoms with Gasteiger partial charge in [-0.15, -0.1) is 0 Å². The van der Waals surface area contributed by atoms with Gasteiger partial charge in [0.25, 0.3) is 0 Å². The van der Waals surface area contributed by atoms with E-state index in [1.54, 1.807) is 30.3 Å². The highest BCUT2D eigenvalue weighted by Gasteiger charge is 2.23. The predicted molar refractivity (Wildman–Crippen MR) is 85.4 cm³/mol. The minimum atomic E-state index is -4.57. The standard InChI is InChI=1S/C15H17NO6S/c1-21-14-8-7-11(9-15(14)22-2)10-16(23(18,19)20)12-5-3-4-6-13(12)17/h3-9,17H,10H2,1-2H3,(H,18,19,20). The number of rotatable bonds is 6. The van der Waals surface area contributed by atoms with Crippen LogP contribution in [0.2, 0.25) is 0 Å². The molecule has 0 spiro atoms. The lowest BCUT2D eigenvalue weighted by atomic mass is 10.2. The van der Waals surface area contributed by atoms with Crippen LogP contribution in [0.15, 0.2) is 42.5 Å². The van der Waals surface area contributed by atoms with Crippen molar-refractivity contribution in [3.8, 4) is 17.2 Å². The van der Waals surface area contributed by atoms with Crippen molar-refractivity contribution in [2.45, 2.75) is 6.54 Å². The van der Waals surface area contributed by atoms with Crippen molar-refractivity contribution in [2.75, 3.05) is 18.5 Å². The molecule has 0 aliphatic carbocycles. The Balaban J connectivity index is 2.42. The monoisotopic (exact) mass is 339 g/mol. The zero-order valence-corrected chi connectivity index (χ0v) is 13.4. The van der Waals surface area contributed by atoms with Gasteiger partial charge in [-0.25, -0.2) is 4.31 Å². The molecule has 0 aromatic heterocycles. The molecule has 23 heavy (non-hydrogen) atoms. The number of ether oxygens (including phenoxy) is 2. The first-order valence-corrected chi connectivity index (χ1v) is 8.00. The van der Waals surface area contributed by atoms with E-state index in [2.05, 4.69) is 0 Å². The molecule has 0 bridgehead atoms. The van der Waals surface area contributed by atoms with Gasteiger partial charge in [-0.1, -0.05) is 18.2 Å². The number of methoxy groups -OCH3 is 2. The van der Waals surface area contributed by atoms with Gasteiger partial charge in [0.05, 0.1) is 26.5 Å². The number of aromatic hydroxyl groups is 1. The Morgan fingerprint density at radius 3 is 2.26 bits per heavy atom. The second-order valence-corrected chi connectivity index (χ2v) is 6.00. The first kappa shape index (κ1) is 16.9. The van der Waals surface area contributed by atoms with Crippen LogP contribution >= 0.6 is 0 Å². The van der Waals surface area contributed by atoms with Crippen LogP contribution < -0.4 is 13.8 Å². The zero-order chi connectivity index (χ0) is 17.0. The molecule has 0 atom stereocenters. The number of para-hydroxylation sites is 2. The molecule has 0 aliphatic heterocycles. The SMILES string of the molecule is COc1ccc(CN(c2ccccc2O)S(=O)(=O)O)cc1OC. The summed E-state index contributed by atoms with van der Waals surface area (Å²) >= 11 is 0. The van der Waals surface area contributed by atoms with Gasteiger partial charge >= 0.3 is 10.3 Å². The topological polar surface area (TPSA) is 96.3 Å². The number of nitrogens with zero attached hydrogens (tertiary/aromatic N) is 1. The molecule has 7 nitrogen and oxygen atoms in total. The van der Waals surface area contributed by atoms with Crippen molar-refractivity contribution in [3.63, 3.8) is 0 Å². The molecular formula is C15H17NO6S. The van der Waals surface area contributed by atoms with E-state index >= 15 is 0 Å². The van der Waals surface area contributed by atoms with E-state index in [0.29, 0.717) is 21.4 Å². The maximum Gasteiger partial charge on any atom is 0.360 e.